The van der Waals surface area contributed by atoms with E-state index in [-0.39, 0.29) is 0 Å². The fourth-order valence-corrected chi connectivity index (χ4v) is 1.96. The van der Waals surface area contributed by atoms with Gasteiger partial charge < -0.3 is 10.1 Å². The first-order valence-electron chi connectivity index (χ1n) is 6.78. The first-order chi connectivity index (χ1) is 8.65. The molecule has 1 aromatic carbocycles. The molecule has 2 heteroatoms. The van der Waals surface area contributed by atoms with Crippen LogP contribution in [0.5, 0.6) is 5.75 Å². The fraction of sp³-hybridized carbons (Fsp3) is 0.500. The third-order valence-corrected chi connectivity index (χ3v) is 3.16. The van der Waals surface area contributed by atoms with Crippen molar-refractivity contribution in [3.05, 3.63) is 41.5 Å². The van der Waals surface area contributed by atoms with Crippen molar-refractivity contribution < 1.29 is 10.1 Å². The van der Waals surface area contributed by atoms with Gasteiger partial charge in [0.1, 0.15) is 5.75 Å². The monoisotopic (exact) mass is 248 g/mol. The van der Waals surface area contributed by atoms with Crippen molar-refractivity contribution in [3.63, 3.8) is 0 Å². The Morgan fingerprint density at radius 1 is 1.22 bits per heavy atom. The molecule has 2 N–H and O–H groups in total. The highest BCUT2D eigenvalue weighted by atomic mass is 16.5. The van der Waals surface area contributed by atoms with E-state index in [1.54, 1.807) is 0 Å². The number of benzene rings is 1. The van der Waals surface area contributed by atoms with Crippen LogP contribution < -0.4 is 10.1 Å². The third-order valence-electron chi connectivity index (χ3n) is 3.16. The molecule has 18 heavy (non-hydrogen) atoms. The summed E-state index contributed by atoms with van der Waals surface area (Å²) in [6.45, 7) is 13.1. The van der Waals surface area contributed by atoms with Crippen LogP contribution in [0.4, 0.5) is 0 Å². The second-order valence-corrected chi connectivity index (χ2v) is 4.86. The van der Waals surface area contributed by atoms with Gasteiger partial charge in [0.2, 0.25) is 0 Å². The lowest BCUT2D eigenvalue weighted by molar-refractivity contribution is -0.646. The van der Waals surface area contributed by atoms with Crippen molar-refractivity contribution in [2.24, 2.45) is 0 Å². The molecule has 0 spiro atoms. The van der Waals surface area contributed by atoms with E-state index in [1.807, 2.05) is 6.08 Å². The van der Waals surface area contributed by atoms with Crippen LogP contribution >= 0.6 is 0 Å². The number of ether oxygens (including phenoxy) is 1. The number of aryl methyl sites for hydroxylation is 2. The molecule has 0 radical (unpaired) electrons. The molecule has 0 saturated carbocycles. The van der Waals surface area contributed by atoms with Crippen LogP contribution in [0.15, 0.2) is 24.8 Å². The Bertz CT molecular complexity index is 385. The van der Waals surface area contributed by atoms with E-state index in [2.05, 4.69) is 44.8 Å². The molecule has 0 atom stereocenters. The Morgan fingerprint density at radius 2 is 2.00 bits per heavy atom. The Morgan fingerprint density at radius 3 is 2.72 bits per heavy atom. The molecule has 100 valence electrons. The summed E-state index contributed by atoms with van der Waals surface area (Å²) in [5.74, 6) is 1.04. The molecular weight excluding hydrogens is 222 g/mol. The summed E-state index contributed by atoms with van der Waals surface area (Å²) < 4.78 is 5.87. The van der Waals surface area contributed by atoms with Crippen molar-refractivity contribution in [2.45, 2.75) is 33.6 Å². The normalized spacial score (nSPS) is 10.4. The van der Waals surface area contributed by atoms with Crippen LogP contribution in [0.2, 0.25) is 0 Å². The minimum absolute atomic E-state index is 0.811. The molecule has 2 nitrogen and oxygen atoms in total. The van der Waals surface area contributed by atoms with Gasteiger partial charge in [-0.1, -0.05) is 12.6 Å². The van der Waals surface area contributed by atoms with E-state index in [0.29, 0.717) is 0 Å². The van der Waals surface area contributed by atoms with Gasteiger partial charge in [0.25, 0.3) is 0 Å². The highest BCUT2D eigenvalue weighted by Gasteiger charge is 2.03. The molecule has 0 unspecified atom stereocenters. The molecule has 0 aromatic heterocycles. The molecule has 0 saturated heterocycles. The molecule has 0 heterocycles. The van der Waals surface area contributed by atoms with Crippen molar-refractivity contribution in [1.82, 2.24) is 0 Å². The number of quaternary nitrogens is 1. The average Bonchev–Trinajstić information content (AvgIpc) is 2.33. The quantitative estimate of drug-likeness (QED) is 0.555. The molecule has 0 aliphatic heterocycles. The van der Waals surface area contributed by atoms with Gasteiger partial charge in [-0.15, -0.1) is 0 Å². The zero-order chi connectivity index (χ0) is 13.4. The van der Waals surface area contributed by atoms with E-state index in [1.165, 1.54) is 23.1 Å². The van der Waals surface area contributed by atoms with Gasteiger partial charge in [-0.05, 0) is 62.4 Å². The Labute approximate surface area is 111 Å². The predicted molar refractivity (Wildman–Crippen MR) is 77.2 cm³/mol. The Balaban J connectivity index is 2.29. The predicted octanol–water partition coefficient (Wildman–Crippen LogP) is 2.52. The van der Waals surface area contributed by atoms with Gasteiger partial charge in [-0.2, -0.15) is 0 Å². The minimum atomic E-state index is 0.811. The zero-order valence-corrected chi connectivity index (χ0v) is 12.0. The van der Waals surface area contributed by atoms with Crippen molar-refractivity contribution in [3.8, 4) is 5.75 Å². The Hall–Kier alpha value is -1.28. The van der Waals surface area contributed by atoms with E-state index < -0.39 is 0 Å². The van der Waals surface area contributed by atoms with Crippen LogP contribution in [0.1, 0.15) is 29.5 Å². The molecule has 0 aliphatic carbocycles. The standard InChI is InChI=1S/C16H25NO/c1-5-8-17-9-6-7-10-18-16-12-13(2)11-14(3)15(16)4/h5,11-12,17H,1,6-10H2,2-4H3/p+1. The summed E-state index contributed by atoms with van der Waals surface area (Å²) >= 11 is 0. The fourth-order valence-electron chi connectivity index (χ4n) is 1.96. The summed E-state index contributed by atoms with van der Waals surface area (Å²) in [6.07, 6.45) is 4.24. The van der Waals surface area contributed by atoms with Crippen LogP contribution in [-0.2, 0) is 0 Å². The number of unbranched alkanes of at least 4 members (excludes halogenated alkanes) is 1. The summed E-state index contributed by atoms with van der Waals surface area (Å²) in [6, 6.07) is 4.33. The van der Waals surface area contributed by atoms with Crippen molar-refractivity contribution in [2.75, 3.05) is 19.7 Å². The number of rotatable bonds is 8. The zero-order valence-electron chi connectivity index (χ0n) is 12.0. The summed E-state index contributed by atoms with van der Waals surface area (Å²) in [7, 11) is 0. The maximum absolute atomic E-state index is 5.87. The van der Waals surface area contributed by atoms with Crippen LogP contribution in [0.25, 0.3) is 0 Å². The van der Waals surface area contributed by atoms with Crippen molar-refractivity contribution in [1.29, 1.82) is 0 Å². The molecule has 0 amide bonds. The molecule has 0 bridgehead atoms. The van der Waals surface area contributed by atoms with Crippen molar-refractivity contribution >= 4 is 0 Å². The van der Waals surface area contributed by atoms with E-state index >= 15 is 0 Å². The first-order valence-corrected chi connectivity index (χ1v) is 6.78. The highest BCUT2D eigenvalue weighted by Crippen LogP contribution is 2.23. The molecule has 1 rings (SSSR count). The maximum atomic E-state index is 5.87. The SMILES string of the molecule is C=CC[NH2+]CCCCOc1cc(C)cc(C)c1C. The number of hydrogen-bond acceptors (Lipinski definition) is 1. The number of hydrogen-bond donors (Lipinski definition) is 1. The lowest BCUT2D eigenvalue weighted by Crippen LogP contribution is -2.83. The van der Waals surface area contributed by atoms with E-state index in [4.69, 9.17) is 4.74 Å². The summed E-state index contributed by atoms with van der Waals surface area (Å²) in [5.41, 5.74) is 3.84. The second-order valence-electron chi connectivity index (χ2n) is 4.86. The highest BCUT2D eigenvalue weighted by molar-refractivity contribution is 5.41. The largest absolute Gasteiger partial charge is 0.493 e. The second kappa shape index (κ2) is 7.93. The van der Waals surface area contributed by atoms with E-state index in [0.717, 1.165) is 31.9 Å². The summed E-state index contributed by atoms with van der Waals surface area (Å²) in [4.78, 5) is 0. The van der Waals surface area contributed by atoms with E-state index in [9.17, 15) is 0 Å². The topological polar surface area (TPSA) is 25.8 Å². The summed E-state index contributed by atoms with van der Waals surface area (Å²) in [5, 5.41) is 2.27. The number of nitrogens with two attached hydrogens (primary N) is 1. The maximum Gasteiger partial charge on any atom is 0.122 e. The smallest absolute Gasteiger partial charge is 0.122 e. The Kier molecular flexibility index (Phi) is 6.51. The first kappa shape index (κ1) is 14.8. The molecule has 1 aromatic rings. The van der Waals surface area contributed by atoms with Gasteiger partial charge in [0.05, 0.1) is 19.7 Å². The van der Waals surface area contributed by atoms with Gasteiger partial charge in [-0.3, -0.25) is 0 Å². The molecule has 0 aliphatic rings. The van der Waals surface area contributed by atoms with Crippen LogP contribution in [-0.4, -0.2) is 19.7 Å². The van der Waals surface area contributed by atoms with Gasteiger partial charge in [0, 0.05) is 0 Å². The van der Waals surface area contributed by atoms with Gasteiger partial charge in [-0.25, -0.2) is 0 Å². The lowest BCUT2D eigenvalue weighted by atomic mass is 10.1. The van der Waals surface area contributed by atoms with Crippen LogP contribution in [0, 0.1) is 20.8 Å². The molecular formula is C16H26NO+. The molecule has 0 fully saturated rings. The van der Waals surface area contributed by atoms with Gasteiger partial charge >= 0.3 is 0 Å². The minimum Gasteiger partial charge on any atom is -0.493 e. The third kappa shape index (κ3) is 4.92. The lowest BCUT2D eigenvalue weighted by Gasteiger charge is -2.12. The van der Waals surface area contributed by atoms with Gasteiger partial charge in [0.15, 0.2) is 0 Å². The van der Waals surface area contributed by atoms with Crippen LogP contribution in [0.3, 0.4) is 0 Å². The average molecular weight is 248 g/mol.